The molecule has 0 aliphatic heterocycles. The first-order valence-corrected chi connectivity index (χ1v) is 10.5. The lowest BCUT2D eigenvalue weighted by Crippen LogP contribution is -2.32. The van der Waals surface area contributed by atoms with Gasteiger partial charge in [-0.05, 0) is 48.0 Å². The summed E-state index contributed by atoms with van der Waals surface area (Å²) in [5.74, 6) is -0.0391. The number of aromatic nitrogens is 1. The van der Waals surface area contributed by atoms with Crippen molar-refractivity contribution in [2.75, 3.05) is 11.9 Å². The average Bonchev–Trinajstić information content (AvgIpc) is 3.01. The molecule has 1 heterocycles. The van der Waals surface area contributed by atoms with E-state index in [0.29, 0.717) is 34.7 Å². The zero-order chi connectivity index (χ0) is 21.3. The van der Waals surface area contributed by atoms with E-state index in [1.165, 1.54) is 0 Å². The van der Waals surface area contributed by atoms with E-state index >= 15 is 0 Å². The smallest absolute Gasteiger partial charge is 0.185 e. The van der Waals surface area contributed by atoms with Crippen molar-refractivity contribution in [3.8, 4) is 0 Å². The Balaban J connectivity index is 1.68. The molecule has 30 heavy (non-hydrogen) atoms. The highest BCUT2D eigenvalue weighted by molar-refractivity contribution is 6.42. The third kappa shape index (κ3) is 4.29. The van der Waals surface area contributed by atoms with Gasteiger partial charge in [-0.1, -0.05) is 46.9 Å². The van der Waals surface area contributed by atoms with Crippen molar-refractivity contribution in [3.63, 3.8) is 0 Å². The van der Waals surface area contributed by atoms with Crippen molar-refractivity contribution in [3.05, 3.63) is 75.2 Å². The van der Waals surface area contributed by atoms with Gasteiger partial charge in [0.05, 0.1) is 15.6 Å². The molecule has 4 aromatic rings. The van der Waals surface area contributed by atoms with Crippen LogP contribution >= 0.6 is 34.8 Å². The minimum Gasteiger partial charge on any atom is -0.381 e. The van der Waals surface area contributed by atoms with Crippen LogP contribution in [0.25, 0.3) is 21.8 Å². The normalized spacial score (nSPS) is 11.2. The number of hydrogen-bond donors (Lipinski definition) is 4. The summed E-state index contributed by atoms with van der Waals surface area (Å²) in [5.41, 5.74) is 9.63. The quantitative estimate of drug-likeness (QED) is 0.215. The molecule has 0 aliphatic carbocycles. The number of fused-ring (bicyclic) bond motifs is 3. The van der Waals surface area contributed by atoms with Crippen molar-refractivity contribution >= 4 is 68.3 Å². The number of rotatable bonds is 6. The van der Waals surface area contributed by atoms with Crippen molar-refractivity contribution in [2.24, 2.45) is 5.73 Å². The Morgan fingerprint density at radius 2 is 1.73 bits per heavy atom. The van der Waals surface area contributed by atoms with Crippen molar-refractivity contribution in [2.45, 2.75) is 13.1 Å². The Morgan fingerprint density at radius 1 is 0.900 bits per heavy atom. The number of anilines is 1. The number of hydrogen-bond acceptors (Lipinski definition) is 2. The van der Waals surface area contributed by atoms with Crippen LogP contribution in [-0.4, -0.2) is 17.1 Å². The molecule has 8 heteroatoms. The third-order valence-corrected chi connectivity index (χ3v) is 5.93. The van der Waals surface area contributed by atoms with Gasteiger partial charge in [0.2, 0.25) is 0 Å². The standard InChI is InChI=1S/C22H20Cl3N5/c23-14-2-6-20-17(10-14)16-4-3-15(11-21(16)30(20)8-7-28-22(26)27)29-12-13-1-5-18(24)19(25)9-13/h1-6,9-11,29H,7-8,12H2,(H4,26,27,28). The highest BCUT2D eigenvalue weighted by atomic mass is 35.5. The summed E-state index contributed by atoms with van der Waals surface area (Å²) in [6, 6.07) is 17.8. The van der Waals surface area contributed by atoms with Crippen LogP contribution in [0.15, 0.2) is 54.6 Å². The van der Waals surface area contributed by atoms with Gasteiger partial charge in [0.1, 0.15) is 0 Å². The number of nitrogens with two attached hydrogens (primary N) is 1. The SMILES string of the molecule is N=C(N)NCCn1c2ccc(Cl)cc2c2ccc(NCc3ccc(Cl)c(Cl)c3)cc21. The molecule has 0 spiro atoms. The second-order valence-electron chi connectivity index (χ2n) is 6.99. The van der Waals surface area contributed by atoms with Crippen LogP contribution in [0.3, 0.4) is 0 Å². The molecule has 0 fully saturated rings. The molecule has 0 atom stereocenters. The van der Waals surface area contributed by atoms with Crippen LogP contribution in [0.1, 0.15) is 5.56 Å². The number of nitrogens with one attached hydrogen (secondary N) is 3. The third-order valence-electron chi connectivity index (χ3n) is 4.96. The fourth-order valence-electron chi connectivity index (χ4n) is 3.58. The molecule has 0 saturated heterocycles. The summed E-state index contributed by atoms with van der Waals surface area (Å²) in [6.45, 7) is 1.84. The number of nitrogens with zero attached hydrogens (tertiary/aromatic N) is 1. The Hall–Kier alpha value is -2.60. The zero-order valence-electron chi connectivity index (χ0n) is 16.0. The molecule has 0 unspecified atom stereocenters. The highest BCUT2D eigenvalue weighted by Gasteiger charge is 2.12. The summed E-state index contributed by atoms with van der Waals surface area (Å²) >= 11 is 18.4. The maximum absolute atomic E-state index is 7.39. The molecule has 0 amide bonds. The van der Waals surface area contributed by atoms with Gasteiger partial charge in [0, 0.05) is 46.6 Å². The molecule has 4 rings (SSSR count). The van der Waals surface area contributed by atoms with E-state index < -0.39 is 0 Å². The number of halogens is 3. The Morgan fingerprint density at radius 3 is 2.50 bits per heavy atom. The van der Waals surface area contributed by atoms with E-state index in [2.05, 4.69) is 33.4 Å². The van der Waals surface area contributed by atoms with E-state index in [1.54, 1.807) is 6.07 Å². The first-order valence-electron chi connectivity index (χ1n) is 9.39. The molecule has 0 bridgehead atoms. The minimum atomic E-state index is -0.0391. The van der Waals surface area contributed by atoms with Gasteiger partial charge in [-0.15, -0.1) is 0 Å². The lowest BCUT2D eigenvalue weighted by molar-refractivity contribution is 0.709. The average molecular weight is 461 g/mol. The van der Waals surface area contributed by atoms with Crippen molar-refractivity contribution in [1.82, 2.24) is 9.88 Å². The summed E-state index contributed by atoms with van der Waals surface area (Å²) < 4.78 is 2.21. The van der Waals surface area contributed by atoms with Crippen molar-refractivity contribution in [1.29, 1.82) is 5.41 Å². The van der Waals surface area contributed by atoms with Gasteiger partial charge in [0.25, 0.3) is 0 Å². The second-order valence-corrected chi connectivity index (χ2v) is 8.24. The van der Waals surface area contributed by atoms with Crippen molar-refractivity contribution < 1.29 is 0 Å². The summed E-state index contributed by atoms with van der Waals surface area (Å²) in [6.07, 6.45) is 0. The molecule has 0 saturated carbocycles. The number of guanidine groups is 1. The topological polar surface area (TPSA) is 78.9 Å². The zero-order valence-corrected chi connectivity index (χ0v) is 18.2. The fourth-order valence-corrected chi connectivity index (χ4v) is 4.07. The monoisotopic (exact) mass is 459 g/mol. The second kappa shape index (κ2) is 8.64. The van der Waals surface area contributed by atoms with Gasteiger partial charge >= 0.3 is 0 Å². The van der Waals surface area contributed by atoms with Crippen LogP contribution in [-0.2, 0) is 13.1 Å². The van der Waals surface area contributed by atoms with Crippen LogP contribution in [0.2, 0.25) is 15.1 Å². The summed E-state index contributed by atoms with van der Waals surface area (Å²) in [4.78, 5) is 0. The Labute approximate surface area is 189 Å². The molecule has 5 nitrogen and oxygen atoms in total. The van der Waals surface area contributed by atoms with Gasteiger partial charge < -0.3 is 20.9 Å². The molecular formula is C22H20Cl3N5. The molecule has 0 aliphatic rings. The molecule has 5 N–H and O–H groups in total. The van der Waals surface area contributed by atoms with Crippen LogP contribution in [0, 0.1) is 5.41 Å². The van der Waals surface area contributed by atoms with E-state index in [1.807, 2.05) is 30.3 Å². The van der Waals surface area contributed by atoms with Crippen LogP contribution in [0.4, 0.5) is 5.69 Å². The van der Waals surface area contributed by atoms with Gasteiger partial charge in [-0.2, -0.15) is 0 Å². The molecular weight excluding hydrogens is 441 g/mol. The predicted octanol–water partition coefficient (Wildman–Crippen LogP) is 5.85. The Bertz CT molecular complexity index is 1250. The lowest BCUT2D eigenvalue weighted by atomic mass is 10.1. The summed E-state index contributed by atoms with van der Waals surface area (Å²) in [5, 5.41) is 17.7. The minimum absolute atomic E-state index is 0.0391. The number of benzene rings is 3. The maximum Gasteiger partial charge on any atom is 0.185 e. The molecule has 3 aromatic carbocycles. The Kier molecular flexibility index (Phi) is 5.95. The van der Waals surface area contributed by atoms with Gasteiger partial charge in [-0.25, -0.2) is 0 Å². The predicted molar refractivity (Wildman–Crippen MR) is 128 cm³/mol. The van der Waals surface area contributed by atoms with E-state index in [0.717, 1.165) is 33.1 Å². The van der Waals surface area contributed by atoms with Gasteiger partial charge in [0.15, 0.2) is 5.96 Å². The van der Waals surface area contributed by atoms with Crippen LogP contribution in [0.5, 0.6) is 0 Å². The first-order chi connectivity index (χ1) is 14.4. The maximum atomic E-state index is 7.39. The summed E-state index contributed by atoms with van der Waals surface area (Å²) in [7, 11) is 0. The van der Waals surface area contributed by atoms with E-state index in [-0.39, 0.29) is 5.96 Å². The molecule has 1 aromatic heterocycles. The highest BCUT2D eigenvalue weighted by Crippen LogP contribution is 2.33. The molecule has 154 valence electrons. The van der Waals surface area contributed by atoms with Crippen LogP contribution < -0.4 is 16.4 Å². The first kappa shape index (κ1) is 20.7. The van der Waals surface area contributed by atoms with Gasteiger partial charge in [-0.3, -0.25) is 5.41 Å². The van der Waals surface area contributed by atoms with E-state index in [9.17, 15) is 0 Å². The largest absolute Gasteiger partial charge is 0.381 e. The van der Waals surface area contributed by atoms with E-state index in [4.69, 9.17) is 45.9 Å². The molecule has 0 radical (unpaired) electrons. The lowest BCUT2D eigenvalue weighted by Gasteiger charge is -2.11. The fraction of sp³-hybridized carbons (Fsp3) is 0.136.